The Balaban J connectivity index is 2.45. The van der Waals surface area contributed by atoms with Crippen LogP contribution in [0.2, 0.25) is 0 Å². The Bertz CT molecular complexity index is 681. The van der Waals surface area contributed by atoms with E-state index in [-0.39, 0.29) is 18.0 Å². The predicted molar refractivity (Wildman–Crippen MR) is 99.7 cm³/mol. The van der Waals surface area contributed by atoms with Gasteiger partial charge in [-0.15, -0.1) is 0 Å². The predicted octanol–water partition coefficient (Wildman–Crippen LogP) is 3.79. The molecule has 1 aliphatic heterocycles. The number of aliphatic imine (C=N–C) groups is 1. The Hall–Kier alpha value is -1.95. The molecule has 1 aliphatic rings. The van der Waals surface area contributed by atoms with Gasteiger partial charge in [-0.05, 0) is 63.7 Å². The molecule has 0 atom stereocenters. The van der Waals surface area contributed by atoms with E-state index in [1.807, 2.05) is 52.0 Å². The Kier molecular flexibility index (Phi) is 5.94. The number of nitrogens with zero attached hydrogens (tertiary/aromatic N) is 2. The smallest absolute Gasteiger partial charge is 0.266 e. The Morgan fingerprint density at radius 1 is 1.17 bits per heavy atom. The van der Waals surface area contributed by atoms with Gasteiger partial charge in [-0.25, -0.2) is 0 Å². The van der Waals surface area contributed by atoms with Crippen LogP contribution in [-0.4, -0.2) is 42.3 Å². The summed E-state index contributed by atoms with van der Waals surface area (Å²) in [6, 6.07) is 5.71. The molecule has 1 aromatic rings. The minimum atomic E-state index is -0.0285. The highest BCUT2D eigenvalue weighted by atomic mass is 32.2. The molecule has 0 aromatic heterocycles. The van der Waals surface area contributed by atoms with E-state index in [9.17, 15) is 4.79 Å². The van der Waals surface area contributed by atoms with Crippen LogP contribution in [0.15, 0.2) is 28.1 Å². The van der Waals surface area contributed by atoms with Gasteiger partial charge in [0.15, 0.2) is 5.17 Å². The quantitative estimate of drug-likeness (QED) is 0.760. The van der Waals surface area contributed by atoms with Gasteiger partial charge in [0.1, 0.15) is 11.5 Å². The van der Waals surface area contributed by atoms with Crippen molar-refractivity contribution in [2.45, 2.75) is 39.8 Å². The van der Waals surface area contributed by atoms with Crippen LogP contribution in [0.5, 0.6) is 11.5 Å². The molecule has 0 bridgehead atoms. The average Bonchev–Trinajstić information content (AvgIpc) is 2.82. The molecule has 6 heteroatoms. The number of hydrogen-bond donors (Lipinski definition) is 0. The first kappa shape index (κ1) is 18.4. The molecule has 0 unspecified atom stereocenters. The van der Waals surface area contributed by atoms with Gasteiger partial charge in [0.05, 0.1) is 19.1 Å². The third kappa shape index (κ3) is 3.93. The average molecular weight is 348 g/mol. The third-order valence-corrected chi connectivity index (χ3v) is 4.44. The van der Waals surface area contributed by atoms with Crippen LogP contribution in [0.4, 0.5) is 0 Å². The van der Waals surface area contributed by atoms with Gasteiger partial charge in [-0.2, -0.15) is 0 Å². The topological polar surface area (TPSA) is 51.1 Å². The van der Waals surface area contributed by atoms with Gasteiger partial charge in [0, 0.05) is 17.6 Å². The van der Waals surface area contributed by atoms with Gasteiger partial charge < -0.3 is 9.47 Å². The number of thioether (sulfide) groups is 1. The lowest BCUT2D eigenvalue weighted by atomic mass is 10.1. The summed E-state index contributed by atoms with van der Waals surface area (Å²) in [7, 11) is 3.22. The molecule has 0 saturated carbocycles. The Labute approximate surface area is 147 Å². The molecule has 5 nitrogen and oxygen atoms in total. The summed E-state index contributed by atoms with van der Waals surface area (Å²) in [5, 5.41) is 0.748. The maximum Gasteiger partial charge on any atom is 0.266 e. The van der Waals surface area contributed by atoms with Crippen molar-refractivity contribution in [2.75, 3.05) is 14.2 Å². The highest BCUT2D eigenvalue weighted by Crippen LogP contribution is 2.36. The largest absolute Gasteiger partial charge is 0.497 e. The zero-order chi connectivity index (χ0) is 17.9. The van der Waals surface area contributed by atoms with Crippen molar-refractivity contribution < 1.29 is 14.3 Å². The van der Waals surface area contributed by atoms with Crippen molar-refractivity contribution in [3.63, 3.8) is 0 Å². The fourth-order valence-corrected chi connectivity index (χ4v) is 3.57. The van der Waals surface area contributed by atoms with E-state index in [4.69, 9.17) is 9.47 Å². The Morgan fingerprint density at radius 2 is 1.88 bits per heavy atom. The summed E-state index contributed by atoms with van der Waals surface area (Å²) in [4.78, 5) is 19.7. The van der Waals surface area contributed by atoms with E-state index in [0.717, 1.165) is 16.5 Å². The molecule has 0 N–H and O–H groups in total. The number of carbonyl (C=O) groups excluding carboxylic acids is 1. The van der Waals surface area contributed by atoms with E-state index in [2.05, 4.69) is 4.99 Å². The molecule has 1 aromatic carbocycles. The second-order valence-corrected chi connectivity index (χ2v) is 7.00. The number of amides is 1. The van der Waals surface area contributed by atoms with Gasteiger partial charge in [0.2, 0.25) is 0 Å². The lowest BCUT2D eigenvalue weighted by Gasteiger charge is -2.20. The fourth-order valence-electron chi connectivity index (χ4n) is 2.35. The zero-order valence-electron chi connectivity index (χ0n) is 15.0. The van der Waals surface area contributed by atoms with Gasteiger partial charge >= 0.3 is 0 Å². The summed E-state index contributed by atoms with van der Waals surface area (Å²) in [5.41, 5.74) is 0.808. The number of methoxy groups -OCH3 is 2. The molecule has 130 valence electrons. The van der Waals surface area contributed by atoms with Crippen molar-refractivity contribution in [2.24, 2.45) is 4.99 Å². The zero-order valence-corrected chi connectivity index (χ0v) is 15.8. The third-order valence-electron chi connectivity index (χ3n) is 3.45. The summed E-state index contributed by atoms with van der Waals surface area (Å²) in [6.07, 6.45) is 1.84. The van der Waals surface area contributed by atoms with Crippen molar-refractivity contribution in [1.82, 2.24) is 4.90 Å². The number of carbonyl (C=O) groups is 1. The van der Waals surface area contributed by atoms with Crippen LogP contribution in [0, 0.1) is 0 Å². The number of ether oxygens (including phenoxy) is 2. The molecule has 0 radical (unpaired) electrons. The van der Waals surface area contributed by atoms with Crippen LogP contribution in [-0.2, 0) is 4.79 Å². The number of hydrogen-bond acceptors (Lipinski definition) is 5. The summed E-state index contributed by atoms with van der Waals surface area (Å²) >= 11 is 1.40. The first-order chi connectivity index (χ1) is 11.4. The van der Waals surface area contributed by atoms with Crippen molar-refractivity contribution >= 4 is 28.9 Å². The molecule has 1 amide bonds. The minimum absolute atomic E-state index is 0.0285. The van der Waals surface area contributed by atoms with E-state index in [1.54, 1.807) is 19.1 Å². The van der Waals surface area contributed by atoms with Crippen LogP contribution >= 0.6 is 11.8 Å². The molecular formula is C18H24N2O3S. The number of benzene rings is 1. The van der Waals surface area contributed by atoms with Crippen LogP contribution in [0.1, 0.15) is 33.3 Å². The first-order valence-corrected chi connectivity index (χ1v) is 8.72. The monoisotopic (exact) mass is 348 g/mol. The summed E-state index contributed by atoms with van der Waals surface area (Å²) < 4.78 is 10.7. The highest BCUT2D eigenvalue weighted by molar-refractivity contribution is 8.18. The molecule has 0 aliphatic carbocycles. The maximum atomic E-state index is 12.8. The first-order valence-electron chi connectivity index (χ1n) is 7.90. The summed E-state index contributed by atoms with van der Waals surface area (Å²) in [6.45, 7) is 7.99. The normalized spacial score (nSPS) is 18.3. The molecule has 2 rings (SSSR count). The van der Waals surface area contributed by atoms with Gasteiger partial charge in [0.25, 0.3) is 5.91 Å². The van der Waals surface area contributed by atoms with Crippen LogP contribution in [0.3, 0.4) is 0 Å². The molecule has 24 heavy (non-hydrogen) atoms. The van der Waals surface area contributed by atoms with Crippen molar-refractivity contribution in [3.05, 3.63) is 28.7 Å². The number of rotatable bonds is 5. The lowest BCUT2D eigenvalue weighted by molar-refractivity contribution is -0.123. The standard InChI is InChI=1S/C18H24N2O3S/c1-11(2)19-18-20(12(3)4)17(21)16(24-18)10-13-9-14(22-5)7-8-15(13)23-6/h7-12H,1-6H3/b16-10+,19-18?. The van der Waals surface area contributed by atoms with Crippen LogP contribution in [0.25, 0.3) is 6.08 Å². The minimum Gasteiger partial charge on any atom is -0.497 e. The number of amidine groups is 1. The van der Waals surface area contributed by atoms with E-state index >= 15 is 0 Å². The molecule has 1 heterocycles. The lowest BCUT2D eigenvalue weighted by Crippen LogP contribution is -2.35. The molecular weight excluding hydrogens is 324 g/mol. The van der Waals surface area contributed by atoms with E-state index < -0.39 is 0 Å². The molecule has 1 fully saturated rings. The highest BCUT2D eigenvalue weighted by Gasteiger charge is 2.35. The second-order valence-electron chi connectivity index (χ2n) is 5.99. The summed E-state index contributed by atoms with van der Waals surface area (Å²) in [5.74, 6) is 1.39. The molecule has 1 saturated heterocycles. The molecule has 0 spiro atoms. The van der Waals surface area contributed by atoms with Crippen molar-refractivity contribution in [3.8, 4) is 11.5 Å². The Morgan fingerprint density at radius 3 is 2.42 bits per heavy atom. The fraction of sp³-hybridized carbons (Fsp3) is 0.444. The maximum absolute atomic E-state index is 12.8. The van der Waals surface area contributed by atoms with Crippen LogP contribution < -0.4 is 9.47 Å². The SMILES string of the molecule is COc1ccc(OC)c(/C=C2/SC(=NC(C)C)N(C(C)C)C2=O)c1. The van der Waals surface area contributed by atoms with E-state index in [1.165, 1.54) is 11.8 Å². The van der Waals surface area contributed by atoms with Gasteiger partial charge in [-0.1, -0.05) is 0 Å². The van der Waals surface area contributed by atoms with Gasteiger partial charge in [-0.3, -0.25) is 14.7 Å². The second kappa shape index (κ2) is 7.75. The van der Waals surface area contributed by atoms with Crippen molar-refractivity contribution in [1.29, 1.82) is 0 Å². The van der Waals surface area contributed by atoms with E-state index in [0.29, 0.717) is 10.7 Å².